The largest absolute Gasteiger partial charge is 0.301 e. The second kappa shape index (κ2) is 8.75. The molecule has 0 fully saturated rings. The molecule has 19 heteroatoms. The van der Waals surface area contributed by atoms with Crippen LogP contribution in [-0.4, -0.2) is 35.3 Å². The molecule has 3 aromatic rings. The van der Waals surface area contributed by atoms with Crippen molar-refractivity contribution in [3.05, 3.63) is 114 Å². The molecular weight excluding hydrogens is 518 g/mol. The molecule has 1 aliphatic carbocycles. The molecule has 0 radical (unpaired) electrons. The van der Waals surface area contributed by atoms with E-state index in [0.717, 1.165) is 30.3 Å². The second-order valence-electron chi connectivity index (χ2n) is 7.42. The Morgan fingerprint density at radius 2 is 0.868 bits per heavy atom. The Labute approximate surface area is 206 Å². The van der Waals surface area contributed by atoms with Gasteiger partial charge in [-0.1, -0.05) is 0 Å². The summed E-state index contributed by atoms with van der Waals surface area (Å²) < 4.78 is 0. The molecule has 38 heavy (non-hydrogen) atoms. The van der Waals surface area contributed by atoms with Gasteiger partial charge in [-0.15, -0.1) is 0 Å². The van der Waals surface area contributed by atoms with Crippen LogP contribution in [0.2, 0.25) is 0 Å². The van der Waals surface area contributed by atoms with Crippen molar-refractivity contribution >= 4 is 45.5 Å². The third-order valence-electron chi connectivity index (χ3n) is 5.39. The Morgan fingerprint density at radius 3 is 1.18 bits per heavy atom. The van der Waals surface area contributed by atoms with Gasteiger partial charge in [0.15, 0.2) is 0 Å². The molecule has 190 valence electrons. The van der Waals surface area contributed by atoms with E-state index in [4.69, 9.17) is 0 Å². The molecule has 1 aliphatic rings. The van der Waals surface area contributed by atoms with Gasteiger partial charge in [-0.25, -0.2) is 4.99 Å². The molecule has 0 aromatic heterocycles. The van der Waals surface area contributed by atoms with Crippen LogP contribution in [0.15, 0.2) is 47.5 Å². The first-order chi connectivity index (χ1) is 17.8. The quantitative estimate of drug-likeness (QED) is 0.241. The number of fused-ring (bicyclic) bond motifs is 3. The van der Waals surface area contributed by atoms with Crippen LogP contribution in [0.1, 0.15) is 11.1 Å². The molecular formula is C19H7N7O12. The summed E-state index contributed by atoms with van der Waals surface area (Å²) in [5, 5.41) is 69.8. The molecule has 0 spiro atoms. The third kappa shape index (κ3) is 3.86. The Balaban J connectivity index is 2.27. The van der Waals surface area contributed by atoms with E-state index in [1.165, 1.54) is 0 Å². The number of hydrogen-bond donors (Lipinski definition) is 0. The van der Waals surface area contributed by atoms with Crippen molar-refractivity contribution in [1.29, 1.82) is 0 Å². The van der Waals surface area contributed by atoms with E-state index in [-0.39, 0.29) is 0 Å². The Kier molecular flexibility index (Phi) is 5.72. The maximum absolute atomic E-state index is 11.8. The van der Waals surface area contributed by atoms with Gasteiger partial charge in [-0.2, -0.15) is 0 Å². The molecule has 0 saturated carbocycles. The summed E-state index contributed by atoms with van der Waals surface area (Å²) in [4.78, 5) is 67.5. The number of nitrogens with zero attached hydrogens (tertiary/aromatic N) is 7. The Morgan fingerprint density at radius 1 is 0.500 bits per heavy atom. The molecule has 0 N–H and O–H groups in total. The number of non-ortho nitro benzene ring substituents is 2. The van der Waals surface area contributed by atoms with Gasteiger partial charge < -0.3 is 0 Å². The van der Waals surface area contributed by atoms with E-state index in [1.54, 1.807) is 0 Å². The van der Waals surface area contributed by atoms with Gasteiger partial charge >= 0.3 is 11.4 Å². The number of nitro benzene ring substituents is 6. The van der Waals surface area contributed by atoms with Crippen LogP contribution >= 0.6 is 0 Å². The van der Waals surface area contributed by atoms with E-state index >= 15 is 0 Å². The average Bonchev–Trinajstić information content (AvgIpc) is 3.15. The first-order valence-corrected chi connectivity index (χ1v) is 9.78. The topological polar surface area (TPSA) is 271 Å². The number of hydrogen-bond acceptors (Lipinski definition) is 13. The normalized spacial score (nSPS) is 11.3. The van der Waals surface area contributed by atoms with Gasteiger partial charge in [0, 0.05) is 35.4 Å². The molecule has 0 bridgehead atoms. The fraction of sp³-hybridized carbons (Fsp3) is 0. The fourth-order valence-corrected chi connectivity index (χ4v) is 3.93. The van der Waals surface area contributed by atoms with Crippen LogP contribution in [-0.2, 0) is 0 Å². The summed E-state index contributed by atoms with van der Waals surface area (Å²) in [6.45, 7) is 0. The van der Waals surface area contributed by atoms with Gasteiger partial charge in [-0.05, 0) is 6.07 Å². The number of nitro groups is 6. The van der Waals surface area contributed by atoms with Crippen molar-refractivity contribution in [2.24, 2.45) is 4.99 Å². The van der Waals surface area contributed by atoms with Crippen molar-refractivity contribution in [2.45, 2.75) is 0 Å². The summed E-state index contributed by atoms with van der Waals surface area (Å²) in [6, 6.07) is 5.11. The van der Waals surface area contributed by atoms with Crippen LogP contribution in [0.5, 0.6) is 0 Å². The maximum Gasteiger partial charge on any atom is 0.301 e. The van der Waals surface area contributed by atoms with Gasteiger partial charge in [0.1, 0.15) is 0 Å². The molecule has 0 unspecified atom stereocenters. The van der Waals surface area contributed by atoms with Crippen molar-refractivity contribution in [3.8, 4) is 11.1 Å². The van der Waals surface area contributed by atoms with E-state index in [1.807, 2.05) is 0 Å². The van der Waals surface area contributed by atoms with E-state index in [0.29, 0.717) is 12.1 Å². The minimum atomic E-state index is -1.09. The number of benzene rings is 3. The average molecular weight is 525 g/mol. The van der Waals surface area contributed by atoms with Gasteiger partial charge in [-0.3, -0.25) is 60.7 Å². The molecule has 0 atom stereocenters. The van der Waals surface area contributed by atoms with Gasteiger partial charge in [0.2, 0.25) is 5.69 Å². The highest BCUT2D eigenvalue weighted by atomic mass is 16.6. The summed E-state index contributed by atoms with van der Waals surface area (Å²) in [5.41, 5.74) is -9.41. The zero-order valence-electron chi connectivity index (χ0n) is 18.1. The lowest BCUT2D eigenvalue weighted by molar-refractivity contribution is -0.395. The number of para-hydroxylation sites is 1. The molecule has 0 heterocycles. The van der Waals surface area contributed by atoms with Crippen molar-refractivity contribution in [3.63, 3.8) is 0 Å². The lowest BCUT2D eigenvalue weighted by atomic mass is 10.0. The molecule has 0 aliphatic heterocycles. The van der Waals surface area contributed by atoms with Crippen LogP contribution in [0, 0.1) is 60.7 Å². The highest BCUT2D eigenvalue weighted by Gasteiger charge is 2.42. The van der Waals surface area contributed by atoms with E-state index < -0.39 is 97.3 Å². The van der Waals surface area contributed by atoms with Crippen molar-refractivity contribution in [1.82, 2.24) is 0 Å². The second-order valence-corrected chi connectivity index (χ2v) is 7.42. The highest BCUT2D eigenvalue weighted by Crippen LogP contribution is 2.51. The molecule has 4 rings (SSSR count). The lowest BCUT2D eigenvalue weighted by Gasteiger charge is -2.04. The van der Waals surface area contributed by atoms with E-state index in [9.17, 15) is 60.7 Å². The Bertz CT molecular complexity index is 1580. The van der Waals surface area contributed by atoms with Gasteiger partial charge in [0.05, 0.1) is 58.5 Å². The monoisotopic (exact) mass is 525 g/mol. The third-order valence-corrected chi connectivity index (χ3v) is 5.39. The zero-order valence-corrected chi connectivity index (χ0v) is 18.1. The predicted molar refractivity (Wildman–Crippen MR) is 124 cm³/mol. The first kappa shape index (κ1) is 24.8. The number of aliphatic imine (C=N–C) groups is 1. The molecule has 0 amide bonds. The smallest absolute Gasteiger partial charge is 0.258 e. The van der Waals surface area contributed by atoms with Crippen LogP contribution in [0.4, 0.5) is 39.8 Å². The van der Waals surface area contributed by atoms with Crippen LogP contribution in [0.3, 0.4) is 0 Å². The summed E-state index contributed by atoms with van der Waals surface area (Å²) in [7, 11) is 0. The first-order valence-electron chi connectivity index (χ1n) is 9.78. The zero-order chi connectivity index (χ0) is 28.0. The molecule has 0 saturated heterocycles. The summed E-state index contributed by atoms with van der Waals surface area (Å²) in [5.74, 6) is 0. The molecule has 3 aromatic carbocycles. The molecule has 19 nitrogen and oxygen atoms in total. The summed E-state index contributed by atoms with van der Waals surface area (Å²) in [6.07, 6.45) is 0. The highest BCUT2D eigenvalue weighted by molar-refractivity contribution is 6.28. The SMILES string of the molecule is O=[N+]([O-])c1cc2c(c([N+](=O)[O-])c1)-c1c(cc([N+](=O)[O-])cc1[N+](=O)[O-])C2=Nc1c([N+](=O)[O-])cccc1[N+](=O)[O-]. The Hall–Kier alpha value is -6.27. The number of rotatable bonds is 7. The van der Waals surface area contributed by atoms with Gasteiger partial charge in [0.25, 0.3) is 22.7 Å². The fourth-order valence-electron chi connectivity index (χ4n) is 3.93. The summed E-state index contributed by atoms with van der Waals surface area (Å²) >= 11 is 0. The lowest BCUT2D eigenvalue weighted by Crippen LogP contribution is -2.03. The van der Waals surface area contributed by atoms with Crippen LogP contribution in [0.25, 0.3) is 11.1 Å². The van der Waals surface area contributed by atoms with Crippen molar-refractivity contribution < 1.29 is 29.5 Å². The van der Waals surface area contributed by atoms with Crippen LogP contribution < -0.4 is 0 Å². The maximum atomic E-state index is 11.8. The standard InChI is InChI=1S/C19H7N7O12/c27-21(28)8-4-10-16(14(6-8)25(35)36)17-11(5-9(22(29)30)7-15(17)26(37)38)18(10)20-19-12(23(31)32)2-1-3-13(19)24(33)34/h1-7H. The van der Waals surface area contributed by atoms with Crippen molar-refractivity contribution in [2.75, 3.05) is 0 Å². The minimum absolute atomic E-state index is 0.504. The minimum Gasteiger partial charge on any atom is -0.258 e. The predicted octanol–water partition coefficient (Wildman–Crippen LogP) is 4.29. The van der Waals surface area contributed by atoms with E-state index in [2.05, 4.69) is 4.99 Å².